The first kappa shape index (κ1) is 23.1. The molecular weight excluding hydrogens is 465 g/mol. The molecule has 0 bridgehead atoms. The highest BCUT2D eigenvalue weighted by molar-refractivity contribution is 6.32. The van der Waals surface area contributed by atoms with E-state index in [9.17, 15) is 32.7 Å². The van der Waals surface area contributed by atoms with Crippen molar-refractivity contribution in [3.05, 3.63) is 58.6 Å². The number of carbonyl (C=O) groups excluding carboxylic acids is 2. The molecule has 0 spiro atoms. The molecule has 0 saturated carbocycles. The van der Waals surface area contributed by atoms with Gasteiger partial charge in [0.25, 0.3) is 0 Å². The summed E-state index contributed by atoms with van der Waals surface area (Å²) < 4.78 is 42.0. The van der Waals surface area contributed by atoms with Crippen LogP contribution < -0.4 is 15.0 Å². The lowest BCUT2D eigenvalue weighted by Gasteiger charge is -2.27. The maximum atomic E-state index is 13.4. The summed E-state index contributed by atoms with van der Waals surface area (Å²) in [5.74, 6) is -5.75. The van der Waals surface area contributed by atoms with E-state index in [-0.39, 0.29) is 11.3 Å². The number of aliphatic carboxylic acids is 1. The number of carboxylic acids is 1. The normalized spacial score (nSPS) is 27.1. The zero-order valence-corrected chi connectivity index (χ0v) is 18.1. The number of ether oxygens (including phenoxy) is 1. The van der Waals surface area contributed by atoms with Crippen LogP contribution in [-0.2, 0) is 14.4 Å². The molecule has 33 heavy (non-hydrogen) atoms. The molecular formula is C22H18ClF3N2O5. The molecule has 4 unspecified atom stereocenters. The van der Waals surface area contributed by atoms with Crippen molar-refractivity contribution in [1.29, 1.82) is 0 Å². The Hall–Kier alpha value is -3.11. The number of amides is 2. The van der Waals surface area contributed by atoms with Crippen molar-refractivity contribution in [2.24, 2.45) is 11.8 Å². The highest BCUT2D eigenvalue weighted by Crippen LogP contribution is 2.50. The minimum atomic E-state index is -4.93. The van der Waals surface area contributed by atoms with E-state index in [1.165, 1.54) is 31.2 Å². The summed E-state index contributed by atoms with van der Waals surface area (Å²) in [4.78, 5) is 39.8. The van der Waals surface area contributed by atoms with Gasteiger partial charge < -0.3 is 9.84 Å². The van der Waals surface area contributed by atoms with Crippen LogP contribution in [0, 0.1) is 18.8 Å². The quantitative estimate of drug-likeness (QED) is 0.643. The molecule has 11 heteroatoms. The maximum absolute atomic E-state index is 13.4. The Morgan fingerprint density at radius 3 is 2.48 bits per heavy atom. The number of carbonyl (C=O) groups is 3. The number of rotatable bonds is 4. The Morgan fingerprint density at radius 1 is 1.18 bits per heavy atom. The Labute approximate surface area is 191 Å². The van der Waals surface area contributed by atoms with Gasteiger partial charge in [0.15, 0.2) is 0 Å². The number of alkyl halides is 3. The van der Waals surface area contributed by atoms with E-state index >= 15 is 0 Å². The van der Waals surface area contributed by atoms with Crippen molar-refractivity contribution < 1.29 is 37.4 Å². The van der Waals surface area contributed by atoms with E-state index < -0.39 is 53.3 Å². The Bertz CT molecular complexity index is 1170. The Balaban J connectivity index is 1.78. The van der Waals surface area contributed by atoms with Gasteiger partial charge in [-0.1, -0.05) is 29.8 Å². The molecule has 2 N–H and O–H groups in total. The number of hydrogen-bond donors (Lipinski definition) is 2. The fourth-order valence-electron chi connectivity index (χ4n) is 4.50. The summed E-state index contributed by atoms with van der Waals surface area (Å²) in [6, 6.07) is 8.42. The molecule has 4 atom stereocenters. The minimum absolute atomic E-state index is 0.182. The number of nitrogens with one attached hydrogen (secondary N) is 1. The molecule has 0 radical (unpaired) electrons. The standard InChI is InChI=1S/C22H18ClF3N2O5/c1-10-6-7-12(9-14(10)23)28-18(29)15-16(19(28)30)21(2,20(31)32)27-17(15)11-4-3-5-13(8-11)33-22(24,25)26/h3-9,15-17,27H,1-2H3,(H,31,32). The third-order valence-corrected chi connectivity index (χ3v) is 6.50. The van der Waals surface area contributed by atoms with E-state index in [1.807, 2.05) is 0 Å². The van der Waals surface area contributed by atoms with E-state index in [1.54, 1.807) is 13.0 Å². The van der Waals surface area contributed by atoms with Crippen molar-refractivity contribution in [3.63, 3.8) is 0 Å². The van der Waals surface area contributed by atoms with Gasteiger partial charge >= 0.3 is 12.3 Å². The number of imide groups is 1. The second-order valence-electron chi connectivity index (χ2n) is 8.20. The highest BCUT2D eigenvalue weighted by atomic mass is 35.5. The molecule has 2 aliphatic rings. The first-order valence-electron chi connectivity index (χ1n) is 9.84. The minimum Gasteiger partial charge on any atom is -0.480 e. The van der Waals surface area contributed by atoms with Crippen LogP contribution in [0.1, 0.15) is 24.1 Å². The van der Waals surface area contributed by atoms with E-state index in [2.05, 4.69) is 10.1 Å². The van der Waals surface area contributed by atoms with Crippen molar-refractivity contribution in [3.8, 4) is 5.75 Å². The number of hydrogen-bond acceptors (Lipinski definition) is 5. The summed E-state index contributed by atoms with van der Waals surface area (Å²) in [6.45, 7) is 3.02. The second-order valence-corrected chi connectivity index (χ2v) is 8.61. The molecule has 0 aromatic heterocycles. The molecule has 2 aromatic carbocycles. The van der Waals surface area contributed by atoms with Crippen LogP contribution in [0.15, 0.2) is 42.5 Å². The fourth-order valence-corrected chi connectivity index (χ4v) is 4.68. The Morgan fingerprint density at radius 2 is 1.88 bits per heavy atom. The molecule has 4 rings (SSSR count). The average molecular weight is 483 g/mol. The molecule has 2 aromatic rings. The molecule has 2 heterocycles. The lowest BCUT2D eigenvalue weighted by Crippen LogP contribution is -2.53. The Kier molecular flexibility index (Phi) is 5.41. The topological polar surface area (TPSA) is 95.9 Å². The fraction of sp³-hybridized carbons (Fsp3) is 0.318. The van der Waals surface area contributed by atoms with Crippen LogP contribution in [0.4, 0.5) is 18.9 Å². The number of halogens is 4. The molecule has 2 saturated heterocycles. The number of fused-ring (bicyclic) bond motifs is 1. The molecule has 2 amide bonds. The summed E-state index contributed by atoms with van der Waals surface area (Å²) in [6.07, 6.45) is -4.93. The SMILES string of the molecule is Cc1ccc(N2C(=O)C3C(c4cccc(OC(F)(F)F)c4)NC(C)(C(=O)O)C3C2=O)cc1Cl. The van der Waals surface area contributed by atoms with Crippen molar-refractivity contribution in [2.45, 2.75) is 31.8 Å². The van der Waals surface area contributed by atoms with Crippen molar-refractivity contribution in [1.82, 2.24) is 5.32 Å². The van der Waals surface area contributed by atoms with Gasteiger partial charge in [-0.05, 0) is 49.2 Å². The number of benzene rings is 2. The zero-order valence-electron chi connectivity index (χ0n) is 17.3. The first-order valence-corrected chi connectivity index (χ1v) is 10.2. The summed E-state index contributed by atoms with van der Waals surface area (Å²) in [5.41, 5.74) is -0.750. The van der Waals surface area contributed by atoms with Crippen molar-refractivity contribution >= 4 is 35.1 Å². The third-order valence-electron chi connectivity index (χ3n) is 6.10. The summed E-state index contributed by atoms with van der Waals surface area (Å²) >= 11 is 6.15. The molecule has 2 aliphatic heterocycles. The van der Waals surface area contributed by atoms with Gasteiger partial charge in [-0.15, -0.1) is 13.2 Å². The predicted octanol–water partition coefficient (Wildman–Crippen LogP) is 3.84. The highest BCUT2D eigenvalue weighted by Gasteiger charge is 2.67. The number of anilines is 1. The smallest absolute Gasteiger partial charge is 0.480 e. The van der Waals surface area contributed by atoms with Crippen LogP contribution in [0.5, 0.6) is 5.75 Å². The van der Waals surface area contributed by atoms with Gasteiger partial charge in [0.1, 0.15) is 11.3 Å². The largest absolute Gasteiger partial charge is 0.573 e. The lowest BCUT2D eigenvalue weighted by molar-refractivity contribution is -0.274. The van der Waals surface area contributed by atoms with Gasteiger partial charge in [-0.25, -0.2) is 4.90 Å². The van der Waals surface area contributed by atoms with Crippen LogP contribution in [0.2, 0.25) is 5.02 Å². The lowest BCUT2D eigenvalue weighted by atomic mass is 9.80. The van der Waals surface area contributed by atoms with Crippen LogP contribution in [0.25, 0.3) is 0 Å². The molecule has 174 valence electrons. The molecule has 2 fully saturated rings. The van der Waals surface area contributed by atoms with Crippen LogP contribution in [0.3, 0.4) is 0 Å². The van der Waals surface area contributed by atoms with Gasteiger partial charge in [0, 0.05) is 11.1 Å². The van der Waals surface area contributed by atoms with Gasteiger partial charge in [0.05, 0.1) is 17.5 Å². The average Bonchev–Trinajstić information content (AvgIpc) is 3.17. The molecule has 7 nitrogen and oxygen atoms in total. The monoisotopic (exact) mass is 482 g/mol. The van der Waals surface area contributed by atoms with E-state index in [4.69, 9.17) is 11.6 Å². The van der Waals surface area contributed by atoms with E-state index in [0.717, 1.165) is 22.6 Å². The number of nitrogens with zero attached hydrogens (tertiary/aromatic N) is 1. The predicted molar refractivity (Wildman–Crippen MR) is 111 cm³/mol. The van der Waals surface area contributed by atoms with Crippen molar-refractivity contribution in [2.75, 3.05) is 4.90 Å². The van der Waals surface area contributed by atoms with E-state index in [0.29, 0.717) is 5.02 Å². The third kappa shape index (κ3) is 3.83. The maximum Gasteiger partial charge on any atom is 0.573 e. The van der Waals surface area contributed by atoms with Gasteiger partial charge in [0.2, 0.25) is 11.8 Å². The first-order chi connectivity index (χ1) is 15.3. The van der Waals surface area contributed by atoms with Gasteiger partial charge in [-0.2, -0.15) is 0 Å². The van der Waals surface area contributed by atoms with Crippen LogP contribution >= 0.6 is 11.6 Å². The second kappa shape index (κ2) is 7.74. The zero-order chi connectivity index (χ0) is 24.3. The van der Waals surface area contributed by atoms with Crippen LogP contribution in [-0.4, -0.2) is 34.8 Å². The number of aryl methyl sites for hydroxylation is 1. The molecule has 0 aliphatic carbocycles. The summed E-state index contributed by atoms with van der Waals surface area (Å²) in [5, 5.41) is 13.0. The summed E-state index contributed by atoms with van der Waals surface area (Å²) in [7, 11) is 0. The number of carboxylic acid groups (broad SMARTS) is 1. The van der Waals surface area contributed by atoms with Gasteiger partial charge in [-0.3, -0.25) is 19.7 Å².